The van der Waals surface area contributed by atoms with Gasteiger partial charge in [-0.25, -0.2) is 4.98 Å². The fourth-order valence-electron chi connectivity index (χ4n) is 1.49. The molecular weight excluding hydrogens is 261 g/mol. The Kier molecular flexibility index (Phi) is 4.50. The standard InChI is InChI=1S/C12H15F3N2S/c13-12(14,15)10-3-4-11(17-8-10)18-6-5-16-7-9-1-2-9/h3-4,8-9,16H,1-2,5-7H2. The van der Waals surface area contributed by atoms with Crippen LogP contribution in [0.5, 0.6) is 0 Å². The van der Waals surface area contributed by atoms with Gasteiger partial charge in [0.1, 0.15) is 0 Å². The molecule has 0 aromatic carbocycles. The van der Waals surface area contributed by atoms with Crippen molar-refractivity contribution in [1.29, 1.82) is 0 Å². The summed E-state index contributed by atoms with van der Waals surface area (Å²) in [5, 5.41) is 3.96. The molecule has 0 aliphatic heterocycles. The first kappa shape index (κ1) is 13.7. The van der Waals surface area contributed by atoms with Crippen molar-refractivity contribution in [3.63, 3.8) is 0 Å². The van der Waals surface area contributed by atoms with E-state index in [1.54, 1.807) is 0 Å². The summed E-state index contributed by atoms with van der Waals surface area (Å²) in [7, 11) is 0. The Morgan fingerprint density at radius 1 is 1.33 bits per heavy atom. The van der Waals surface area contributed by atoms with Crippen molar-refractivity contribution < 1.29 is 13.2 Å². The lowest BCUT2D eigenvalue weighted by molar-refractivity contribution is -0.137. The number of thioether (sulfide) groups is 1. The molecular formula is C12H15F3N2S. The number of hydrogen-bond donors (Lipinski definition) is 1. The second-order valence-corrected chi connectivity index (χ2v) is 5.49. The Labute approximate surface area is 108 Å². The molecule has 2 rings (SSSR count). The molecule has 0 unspecified atom stereocenters. The Hall–Kier alpha value is -0.750. The second kappa shape index (κ2) is 5.93. The summed E-state index contributed by atoms with van der Waals surface area (Å²) in [5.74, 6) is 1.67. The van der Waals surface area contributed by atoms with E-state index < -0.39 is 11.7 Å². The molecule has 6 heteroatoms. The molecule has 0 spiro atoms. The topological polar surface area (TPSA) is 24.9 Å². The van der Waals surface area contributed by atoms with Gasteiger partial charge in [-0.3, -0.25) is 0 Å². The van der Waals surface area contributed by atoms with E-state index in [2.05, 4.69) is 10.3 Å². The second-order valence-electron chi connectivity index (χ2n) is 4.38. The third kappa shape index (κ3) is 4.49. The van der Waals surface area contributed by atoms with Crippen LogP contribution in [-0.2, 0) is 6.18 Å². The molecule has 1 aliphatic carbocycles. The molecule has 0 atom stereocenters. The third-order valence-electron chi connectivity index (χ3n) is 2.72. The average Bonchev–Trinajstić information content (AvgIpc) is 3.12. The molecule has 1 aromatic rings. The maximum atomic E-state index is 12.3. The fourth-order valence-corrected chi connectivity index (χ4v) is 2.24. The van der Waals surface area contributed by atoms with E-state index in [1.807, 2.05) is 0 Å². The van der Waals surface area contributed by atoms with Gasteiger partial charge in [-0.2, -0.15) is 13.2 Å². The number of nitrogens with one attached hydrogen (secondary N) is 1. The molecule has 0 amide bonds. The number of alkyl halides is 3. The molecule has 1 N–H and O–H groups in total. The molecule has 0 radical (unpaired) electrons. The molecule has 100 valence electrons. The number of rotatable bonds is 6. The zero-order chi connectivity index (χ0) is 13.0. The number of nitrogens with zero attached hydrogens (tertiary/aromatic N) is 1. The van der Waals surface area contributed by atoms with Gasteiger partial charge in [0.2, 0.25) is 0 Å². The van der Waals surface area contributed by atoms with Crippen LogP contribution in [0, 0.1) is 5.92 Å². The van der Waals surface area contributed by atoms with Gasteiger partial charge in [0, 0.05) is 18.5 Å². The van der Waals surface area contributed by atoms with Gasteiger partial charge in [0.25, 0.3) is 0 Å². The van der Waals surface area contributed by atoms with Crippen molar-refractivity contribution >= 4 is 11.8 Å². The molecule has 1 saturated carbocycles. The summed E-state index contributed by atoms with van der Waals surface area (Å²) in [5.41, 5.74) is -0.696. The lowest BCUT2D eigenvalue weighted by atomic mass is 10.3. The van der Waals surface area contributed by atoms with Crippen molar-refractivity contribution in [3.05, 3.63) is 23.9 Å². The number of halogens is 3. The summed E-state index contributed by atoms with van der Waals surface area (Å²) in [6.07, 6.45) is -0.775. The van der Waals surface area contributed by atoms with Crippen LogP contribution < -0.4 is 5.32 Å². The van der Waals surface area contributed by atoms with Gasteiger partial charge in [-0.1, -0.05) is 0 Å². The Morgan fingerprint density at radius 3 is 2.67 bits per heavy atom. The highest BCUT2D eigenvalue weighted by Crippen LogP contribution is 2.29. The molecule has 1 aliphatic rings. The van der Waals surface area contributed by atoms with Crippen molar-refractivity contribution in [3.8, 4) is 0 Å². The molecule has 0 saturated heterocycles. The highest BCUT2D eigenvalue weighted by Gasteiger charge is 2.30. The Morgan fingerprint density at radius 2 is 2.11 bits per heavy atom. The van der Waals surface area contributed by atoms with Gasteiger partial charge in [0.05, 0.1) is 10.6 Å². The Bertz CT molecular complexity index is 374. The average molecular weight is 276 g/mol. The minimum absolute atomic E-state index is 0.635. The quantitative estimate of drug-likeness (QED) is 0.638. The van der Waals surface area contributed by atoms with Crippen molar-refractivity contribution in [1.82, 2.24) is 10.3 Å². The van der Waals surface area contributed by atoms with Crippen LogP contribution in [-0.4, -0.2) is 23.8 Å². The van der Waals surface area contributed by atoms with Gasteiger partial charge < -0.3 is 5.32 Å². The third-order valence-corrected chi connectivity index (χ3v) is 3.67. The maximum absolute atomic E-state index is 12.3. The van der Waals surface area contributed by atoms with Crippen LogP contribution in [0.3, 0.4) is 0 Å². The van der Waals surface area contributed by atoms with Gasteiger partial charge in [-0.05, 0) is 37.4 Å². The summed E-state index contributed by atoms with van der Waals surface area (Å²) in [6.45, 7) is 1.92. The molecule has 1 fully saturated rings. The van der Waals surface area contributed by atoms with Crippen molar-refractivity contribution in [2.45, 2.75) is 24.0 Å². The normalized spacial score (nSPS) is 15.9. The summed E-state index contributed by atoms with van der Waals surface area (Å²) < 4.78 is 36.9. The van der Waals surface area contributed by atoms with E-state index in [0.717, 1.165) is 37.0 Å². The summed E-state index contributed by atoms with van der Waals surface area (Å²) in [4.78, 5) is 3.81. The number of hydrogen-bond acceptors (Lipinski definition) is 3. The van der Waals surface area contributed by atoms with Crippen LogP contribution in [0.25, 0.3) is 0 Å². The van der Waals surface area contributed by atoms with E-state index >= 15 is 0 Å². The van der Waals surface area contributed by atoms with Crippen LogP contribution in [0.4, 0.5) is 13.2 Å². The smallest absolute Gasteiger partial charge is 0.316 e. The first-order chi connectivity index (χ1) is 8.55. The molecule has 0 bridgehead atoms. The molecule has 1 heterocycles. The van der Waals surface area contributed by atoms with E-state index in [4.69, 9.17) is 0 Å². The first-order valence-electron chi connectivity index (χ1n) is 5.92. The Balaban J connectivity index is 1.69. The van der Waals surface area contributed by atoms with Gasteiger partial charge in [0.15, 0.2) is 0 Å². The minimum Gasteiger partial charge on any atom is -0.316 e. The van der Waals surface area contributed by atoms with Crippen molar-refractivity contribution in [2.75, 3.05) is 18.8 Å². The van der Waals surface area contributed by atoms with E-state index in [9.17, 15) is 13.2 Å². The fraction of sp³-hybridized carbons (Fsp3) is 0.583. The predicted molar refractivity (Wildman–Crippen MR) is 65.6 cm³/mol. The summed E-state index contributed by atoms with van der Waals surface area (Å²) in [6, 6.07) is 2.50. The number of aromatic nitrogens is 1. The van der Waals surface area contributed by atoms with Crippen LogP contribution in [0.15, 0.2) is 23.4 Å². The monoisotopic (exact) mass is 276 g/mol. The molecule has 2 nitrogen and oxygen atoms in total. The SMILES string of the molecule is FC(F)(F)c1ccc(SCCNCC2CC2)nc1. The molecule has 18 heavy (non-hydrogen) atoms. The lowest BCUT2D eigenvalue weighted by Crippen LogP contribution is -2.19. The van der Waals surface area contributed by atoms with Gasteiger partial charge >= 0.3 is 6.18 Å². The molecule has 1 aromatic heterocycles. The highest BCUT2D eigenvalue weighted by molar-refractivity contribution is 7.99. The lowest BCUT2D eigenvalue weighted by Gasteiger charge is -2.07. The van der Waals surface area contributed by atoms with E-state index in [1.165, 1.54) is 30.7 Å². The largest absolute Gasteiger partial charge is 0.417 e. The zero-order valence-corrected chi connectivity index (χ0v) is 10.7. The van der Waals surface area contributed by atoms with Crippen LogP contribution in [0.1, 0.15) is 18.4 Å². The predicted octanol–water partition coefficient (Wildman–Crippen LogP) is 3.19. The van der Waals surface area contributed by atoms with Gasteiger partial charge in [-0.15, -0.1) is 11.8 Å². The number of pyridine rings is 1. The minimum atomic E-state index is -4.30. The van der Waals surface area contributed by atoms with Crippen molar-refractivity contribution in [2.24, 2.45) is 5.92 Å². The summed E-state index contributed by atoms with van der Waals surface area (Å²) >= 11 is 1.47. The zero-order valence-electron chi connectivity index (χ0n) is 9.83. The van der Waals surface area contributed by atoms with E-state index in [-0.39, 0.29) is 0 Å². The van der Waals surface area contributed by atoms with Crippen LogP contribution in [0.2, 0.25) is 0 Å². The maximum Gasteiger partial charge on any atom is 0.417 e. The first-order valence-corrected chi connectivity index (χ1v) is 6.91. The highest BCUT2D eigenvalue weighted by atomic mass is 32.2. The van der Waals surface area contributed by atoms with Crippen LogP contribution >= 0.6 is 11.8 Å². The van der Waals surface area contributed by atoms with E-state index in [0.29, 0.717) is 5.03 Å².